The fourth-order valence-corrected chi connectivity index (χ4v) is 3.57. The predicted octanol–water partition coefficient (Wildman–Crippen LogP) is 0.955. The summed E-state index contributed by atoms with van der Waals surface area (Å²) in [6.45, 7) is 2.85. The lowest BCUT2D eigenvalue weighted by molar-refractivity contribution is 0.257. The van der Waals surface area contributed by atoms with Gasteiger partial charge in [0.1, 0.15) is 0 Å². The highest BCUT2D eigenvalue weighted by Gasteiger charge is 2.31. The summed E-state index contributed by atoms with van der Waals surface area (Å²) in [4.78, 5) is 12.8. The van der Waals surface area contributed by atoms with Gasteiger partial charge >= 0.3 is 0 Å². The van der Waals surface area contributed by atoms with Crippen molar-refractivity contribution in [3.8, 4) is 11.1 Å². The molecule has 0 spiro atoms. The van der Waals surface area contributed by atoms with Crippen LogP contribution in [0.25, 0.3) is 11.1 Å². The first kappa shape index (κ1) is 11.9. The van der Waals surface area contributed by atoms with Gasteiger partial charge in [-0.2, -0.15) is 5.10 Å². The first-order valence-electron chi connectivity index (χ1n) is 7.16. The van der Waals surface area contributed by atoms with Crippen molar-refractivity contribution in [1.82, 2.24) is 19.7 Å². The Balaban J connectivity index is 1.86. The number of hydrogen-bond acceptors (Lipinski definition) is 3. The fourth-order valence-electron chi connectivity index (χ4n) is 3.57. The second-order valence-corrected chi connectivity index (χ2v) is 5.95. The Morgan fingerprint density at radius 1 is 1.35 bits per heavy atom. The molecule has 2 aliphatic rings. The zero-order valence-electron chi connectivity index (χ0n) is 11.5. The third-order valence-electron chi connectivity index (χ3n) is 4.52. The van der Waals surface area contributed by atoms with Crippen LogP contribution in [0.15, 0.2) is 29.3 Å². The topological polar surface area (TPSA) is 51.9 Å². The molecule has 5 heteroatoms. The summed E-state index contributed by atoms with van der Waals surface area (Å²) in [5.41, 5.74) is 2.98. The standard InChI is InChI=1S/C15H18N4O/c1-18-9-12(7-17-18)13-2-3-14-11-4-10(5-16-6-11)8-19(14)15(13)20/h2-3,7,9-11,16H,4-6,8H2,1H3/t10?,11-/m0/s1. The van der Waals surface area contributed by atoms with E-state index >= 15 is 0 Å². The van der Waals surface area contributed by atoms with Gasteiger partial charge in [-0.05, 0) is 31.0 Å². The Bertz CT molecular complexity index is 715. The third-order valence-corrected chi connectivity index (χ3v) is 4.52. The van der Waals surface area contributed by atoms with Crippen LogP contribution in [0.5, 0.6) is 0 Å². The number of aryl methyl sites for hydroxylation is 1. The van der Waals surface area contributed by atoms with Gasteiger partial charge in [-0.15, -0.1) is 0 Å². The molecule has 0 aliphatic carbocycles. The van der Waals surface area contributed by atoms with Gasteiger partial charge in [0.25, 0.3) is 5.56 Å². The SMILES string of the molecule is Cn1cc(-c2ccc3n(c2=O)CC2CNC[C@@H]3C2)cn1. The molecule has 1 unspecified atom stereocenters. The summed E-state index contributed by atoms with van der Waals surface area (Å²) < 4.78 is 3.72. The summed E-state index contributed by atoms with van der Waals surface area (Å²) in [6, 6.07) is 4.08. The number of piperidine rings is 1. The monoisotopic (exact) mass is 270 g/mol. The third kappa shape index (κ3) is 1.73. The van der Waals surface area contributed by atoms with E-state index in [9.17, 15) is 4.79 Å². The van der Waals surface area contributed by atoms with Crippen LogP contribution in [0.4, 0.5) is 0 Å². The Morgan fingerprint density at radius 2 is 2.25 bits per heavy atom. The molecule has 4 rings (SSSR count). The van der Waals surface area contributed by atoms with Crippen LogP contribution in [0.2, 0.25) is 0 Å². The lowest BCUT2D eigenvalue weighted by atomic mass is 9.84. The maximum Gasteiger partial charge on any atom is 0.258 e. The van der Waals surface area contributed by atoms with E-state index < -0.39 is 0 Å². The van der Waals surface area contributed by atoms with E-state index in [1.54, 1.807) is 10.9 Å². The van der Waals surface area contributed by atoms with Crippen LogP contribution in [0.1, 0.15) is 18.0 Å². The van der Waals surface area contributed by atoms with E-state index in [1.165, 1.54) is 12.1 Å². The van der Waals surface area contributed by atoms with E-state index in [1.807, 2.05) is 23.9 Å². The van der Waals surface area contributed by atoms with Gasteiger partial charge in [0, 0.05) is 43.5 Å². The van der Waals surface area contributed by atoms with Gasteiger partial charge in [0.2, 0.25) is 0 Å². The maximum atomic E-state index is 12.8. The first-order valence-corrected chi connectivity index (χ1v) is 7.16. The van der Waals surface area contributed by atoms with Crippen LogP contribution < -0.4 is 10.9 Å². The minimum atomic E-state index is 0.132. The average molecular weight is 270 g/mol. The number of aromatic nitrogens is 3. The largest absolute Gasteiger partial charge is 0.316 e. The molecule has 20 heavy (non-hydrogen) atoms. The Morgan fingerprint density at radius 3 is 3.05 bits per heavy atom. The molecule has 2 bridgehead atoms. The van der Waals surface area contributed by atoms with Crippen LogP contribution in [0.3, 0.4) is 0 Å². The lowest BCUT2D eigenvalue weighted by Gasteiger charge is -2.37. The molecule has 2 aromatic heterocycles. The summed E-state index contributed by atoms with van der Waals surface area (Å²) in [7, 11) is 1.87. The molecule has 0 aromatic carbocycles. The van der Waals surface area contributed by atoms with Crippen LogP contribution >= 0.6 is 0 Å². The number of nitrogens with one attached hydrogen (secondary N) is 1. The van der Waals surface area contributed by atoms with Crippen molar-refractivity contribution in [2.45, 2.75) is 18.9 Å². The van der Waals surface area contributed by atoms with Crippen molar-refractivity contribution in [2.24, 2.45) is 13.0 Å². The molecule has 2 aromatic rings. The predicted molar refractivity (Wildman–Crippen MR) is 76.6 cm³/mol. The van der Waals surface area contributed by atoms with E-state index in [0.29, 0.717) is 11.8 Å². The first-order chi connectivity index (χ1) is 9.72. The summed E-state index contributed by atoms with van der Waals surface area (Å²) in [5, 5.41) is 7.63. The van der Waals surface area contributed by atoms with Crippen LogP contribution in [0, 0.1) is 5.92 Å². The zero-order chi connectivity index (χ0) is 13.7. The number of rotatable bonds is 1. The molecule has 0 saturated carbocycles. The minimum absolute atomic E-state index is 0.132. The number of pyridine rings is 1. The van der Waals surface area contributed by atoms with Gasteiger partial charge in [-0.25, -0.2) is 0 Å². The highest BCUT2D eigenvalue weighted by molar-refractivity contribution is 5.60. The van der Waals surface area contributed by atoms with Crippen molar-refractivity contribution < 1.29 is 0 Å². The highest BCUT2D eigenvalue weighted by Crippen LogP contribution is 2.32. The molecule has 1 saturated heterocycles. The summed E-state index contributed by atoms with van der Waals surface area (Å²) in [6.07, 6.45) is 4.86. The molecular formula is C15H18N4O. The van der Waals surface area contributed by atoms with E-state index in [-0.39, 0.29) is 5.56 Å². The van der Waals surface area contributed by atoms with E-state index in [0.717, 1.165) is 30.8 Å². The van der Waals surface area contributed by atoms with E-state index in [4.69, 9.17) is 0 Å². The van der Waals surface area contributed by atoms with E-state index in [2.05, 4.69) is 16.5 Å². The lowest BCUT2D eigenvalue weighted by Crippen LogP contribution is -2.45. The molecule has 0 amide bonds. The normalized spacial score (nSPS) is 24.4. The molecule has 104 valence electrons. The highest BCUT2D eigenvalue weighted by atomic mass is 16.1. The van der Waals surface area contributed by atoms with Crippen molar-refractivity contribution in [1.29, 1.82) is 0 Å². The Labute approximate surface area is 117 Å². The molecule has 2 aliphatic heterocycles. The Hall–Kier alpha value is -1.88. The van der Waals surface area contributed by atoms with Crippen LogP contribution in [-0.4, -0.2) is 27.4 Å². The number of fused-ring (bicyclic) bond motifs is 4. The summed E-state index contributed by atoms with van der Waals surface area (Å²) in [5.74, 6) is 1.07. The molecule has 4 heterocycles. The van der Waals surface area contributed by atoms with Gasteiger partial charge in [-0.3, -0.25) is 9.48 Å². The smallest absolute Gasteiger partial charge is 0.258 e. The fraction of sp³-hybridized carbons (Fsp3) is 0.467. The molecule has 2 atom stereocenters. The molecule has 5 nitrogen and oxygen atoms in total. The Kier molecular flexibility index (Phi) is 2.57. The maximum absolute atomic E-state index is 12.8. The molecule has 0 radical (unpaired) electrons. The second-order valence-electron chi connectivity index (χ2n) is 5.95. The van der Waals surface area contributed by atoms with Gasteiger partial charge in [0.05, 0.1) is 11.8 Å². The van der Waals surface area contributed by atoms with Gasteiger partial charge in [-0.1, -0.05) is 0 Å². The molecule has 1 fully saturated rings. The zero-order valence-corrected chi connectivity index (χ0v) is 11.5. The van der Waals surface area contributed by atoms with Crippen molar-refractivity contribution in [3.05, 3.63) is 40.6 Å². The quantitative estimate of drug-likeness (QED) is 0.839. The second kappa shape index (κ2) is 4.31. The molecule has 1 N–H and O–H groups in total. The van der Waals surface area contributed by atoms with Crippen molar-refractivity contribution in [3.63, 3.8) is 0 Å². The molecular weight excluding hydrogens is 252 g/mol. The van der Waals surface area contributed by atoms with Gasteiger partial charge < -0.3 is 9.88 Å². The van der Waals surface area contributed by atoms with Crippen molar-refractivity contribution >= 4 is 0 Å². The van der Waals surface area contributed by atoms with Gasteiger partial charge in [0.15, 0.2) is 0 Å². The average Bonchev–Trinajstić information content (AvgIpc) is 2.87. The van der Waals surface area contributed by atoms with Crippen molar-refractivity contribution in [2.75, 3.05) is 13.1 Å². The number of hydrogen-bond donors (Lipinski definition) is 1. The summed E-state index contributed by atoms with van der Waals surface area (Å²) >= 11 is 0. The minimum Gasteiger partial charge on any atom is -0.316 e. The number of nitrogens with zero attached hydrogens (tertiary/aromatic N) is 3. The van der Waals surface area contributed by atoms with Crippen LogP contribution in [-0.2, 0) is 13.6 Å².